The van der Waals surface area contributed by atoms with Gasteiger partial charge in [0.25, 0.3) is 5.91 Å². The van der Waals surface area contributed by atoms with E-state index in [2.05, 4.69) is 15.3 Å². The number of aliphatic hydroxyl groups excluding tert-OH is 1. The zero-order valence-corrected chi connectivity index (χ0v) is 9.02. The summed E-state index contributed by atoms with van der Waals surface area (Å²) in [6, 6.07) is 0. The van der Waals surface area contributed by atoms with Crippen molar-refractivity contribution in [2.45, 2.75) is 19.3 Å². The fourth-order valence-electron chi connectivity index (χ4n) is 1.72. The summed E-state index contributed by atoms with van der Waals surface area (Å²) in [5, 5.41) is 11.7. The molecule has 0 radical (unpaired) electrons. The van der Waals surface area contributed by atoms with Crippen LogP contribution in [-0.2, 0) is 0 Å². The number of nitrogens with zero attached hydrogens (tertiary/aromatic N) is 2. The molecule has 1 aliphatic rings. The highest BCUT2D eigenvalue weighted by Crippen LogP contribution is 2.47. The van der Waals surface area contributed by atoms with E-state index in [1.54, 1.807) is 0 Å². The van der Waals surface area contributed by atoms with E-state index in [-0.39, 0.29) is 17.9 Å². The lowest BCUT2D eigenvalue weighted by Crippen LogP contribution is -2.30. The minimum Gasteiger partial charge on any atom is -0.396 e. The molecule has 1 amide bonds. The van der Waals surface area contributed by atoms with Gasteiger partial charge >= 0.3 is 0 Å². The van der Waals surface area contributed by atoms with Crippen LogP contribution in [0.5, 0.6) is 0 Å². The van der Waals surface area contributed by atoms with Gasteiger partial charge in [0, 0.05) is 25.5 Å². The van der Waals surface area contributed by atoms with Gasteiger partial charge in [-0.1, -0.05) is 0 Å². The number of hydrogen-bond donors (Lipinski definition) is 2. The van der Waals surface area contributed by atoms with Crippen molar-refractivity contribution < 1.29 is 9.90 Å². The fourth-order valence-corrected chi connectivity index (χ4v) is 1.72. The minimum atomic E-state index is -0.148. The standard InChI is InChI=1S/C11H15N3O2/c15-4-3-11(1-2-11)7-14-10(16)9-5-12-8-13-6-9/h5-6,8,15H,1-4,7H2,(H,14,16). The predicted molar refractivity (Wildman–Crippen MR) is 57.7 cm³/mol. The molecule has 1 aliphatic carbocycles. The first kappa shape index (κ1) is 11.0. The zero-order chi connectivity index (χ0) is 11.4. The van der Waals surface area contributed by atoms with Gasteiger partial charge < -0.3 is 10.4 Å². The molecule has 16 heavy (non-hydrogen) atoms. The maximum Gasteiger partial charge on any atom is 0.254 e. The van der Waals surface area contributed by atoms with Gasteiger partial charge in [-0.3, -0.25) is 4.79 Å². The van der Waals surface area contributed by atoms with Gasteiger partial charge in [-0.05, 0) is 24.7 Å². The van der Waals surface area contributed by atoms with Crippen LogP contribution in [0.15, 0.2) is 18.7 Å². The van der Waals surface area contributed by atoms with Crippen LogP contribution in [0, 0.1) is 5.41 Å². The van der Waals surface area contributed by atoms with E-state index >= 15 is 0 Å². The first-order chi connectivity index (χ1) is 7.76. The van der Waals surface area contributed by atoms with Crippen molar-refractivity contribution in [1.82, 2.24) is 15.3 Å². The third kappa shape index (κ3) is 2.55. The lowest BCUT2D eigenvalue weighted by atomic mass is 10.0. The summed E-state index contributed by atoms with van der Waals surface area (Å²) < 4.78 is 0. The molecule has 0 aliphatic heterocycles. The third-order valence-corrected chi connectivity index (χ3v) is 3.05. The summed E-state index contributed by atoms with van der Waals surface area (Å²) in [6.45, 7) is 0.811. The molecule has 0 spiro atoms. The molecule has 1 fully saturated rings. The molecule has 2 N–H and O–H groups in total. The van der Waals surface area contributed by atoms with Gasteiger partial charge in [0.1, 0.15) is 6.33 Å². The van der Waals surface area contributed by atoms with Gasteiger partial charge in [0.05, 0.1) is 5.56 Å². The smallest absolute Gasteiger partial charge is 0.254 e. The van der Waals surface area contributed by atoms with Gasteiger partial charge in [-0.2, -0.15) is 0 Å². The molecule has 0 saturated heterocycles. The lowest BCUT2D eigenvalue weighted by molar-refractivity contribution is 0.0940. The van der Waals surface area contributed by atoms with Crippen LogP contribution in [0.2, 0.25) is 0 Å². The quantitative estimate of drug-likeness (QED) is 0.753. The Balaban J connectivity index is 1.85. The third-order valence-electron chi connectivity index (χ3n) is 3.05. The Hall–Kier alpha value is -1.49. The SMILES string of the molecule is O=C(NCC1(CCO)CC1)c1cncnc1. The Morgan fingerprint density at radius 3 is 2.69 bits per heavy atom. The van der Waals surface area contributed by atoms with E-state index in [0.29, 0.717) is 12.1 Å². The predicted octanol–water partition coefficient (Wildman–Crippen LogP) is 0.369. The number of hydrogen-bond acceptors (Lipinski definition) is 4. The molecule has 1 aromatic rings. The Kier molecular flexibility index (Phi) is 3.14. The van der Waals surface area contributed by atoms with Crippen molar-refractivity contribution in [3.05, 3.63) is 24.3 Å². The summed E-state index contributed by atoms with van der Waals surface area (Å²) in [5.41, 5.74) is 0.613. The first-order valence-electron chi connectivity index (χ1n) is 5.40. The fraction of sp³-hybridized carbons (Fsp3) is 0.545. The monoisotopic (exact) mass is 221 g/mol. The molecule has 1 aromatic heterocycles. The number of carbonyl (C=O) groups excluding carboxylic acids is 1. The second-order valence-electron chi connectivity index (χ2n) is 4.28. The molecule has 1 saturated carbocycles. The molecular formula is C11H15N3O2. The highest BCUT2D eigenvalue weighted by atomic mass is 16.3. The second kappa shape index (κ2) is 4.57. The minimum absolute atomic E-state index is 0.139. The first-order valence-corrected chi connectivity index (χ1v) is 5.40. The molecular weight excluding hydrogens is 206 g/mol. The van der Waals surface area contributed by atoms with Crippen molar-refractivity contribution in [2.75, 3.05) is 13.2 Å². The number of aliphatic hydroxyl groups is 1. The van der Waals surface area contributed by atoms with Crippen LogP contribution in [0.1, 0.15) is 29.6 Å². The average Bonchev–Trinajstić information content (AvgIpc) is 3.08. The number of amides is 1. The van der Waals surface area contributed by atoms with E-state index in [9.17, 15) is 4.79 Å². The van der Waals surface area contributed by atoms with Crippen LogP contribution in [0.4, 0.5) is 0 Å². The molecule has 1 heterocycles. The maximum absolute atomic E-state index is 11.7. The Bertz CT molecular complexity index is 363. The van der Waals surface area contributed by atoms with Gasteiger partial charge in [0.2, 0.25) is 0 Å². The molecule has 86 valence electrons. The van der Waals surface area contributed by atoms with Crippen molar-refractivity contribution in [1.29, 1.82) is 0 Å². The number of rotatable bonds is 5. The second-order valence-corrected chi connectivity index (χ2v) is 4.28. The van der Waals surface area contributed by atoms with E-state index < -0.39 is 0 Å². The molecule has 0 atom stereocenters. The molecule has 2 rings (SSSR count). The topological polar surface area (TPSA) is 75.1 Å². The highest BCUT2D eigenvalue weighted by molar-refractivity contribution is 5.93. The van der Waals surface area contributed by atoms with Crippen molar-refractivity contribution in [2.24, 2.45) is 5.41 Å². The van der Waals surface area contributed by atoms with Crippen LogP contribution in [0.3, 0.4) is 0 Å². The van der Waals surface area contributed by atoms with E-state index in [4.69, 9.17) is 5.11 Å². The highest BCUT2D eigenvalue weighted by Gasteiger charge is 2.41. The molecule has 5 nitrogen and oxygen atoms in total. The summed E-state index contributed by atoms with van der Waals surface area (Å²) in [6.07, 6.45) is 7.31. The van der Waals surface area contributed by atoms with Crippen LogP contribution >= 0.6 is 0 Å². The van der Waals surface area contributed by atoms with Crippen molar-refractivity contribution in [3.63, 3.8) is 0 Å². The Labute approximate surface area is 93.9 Å². The van der Waals surface area contributed by atoms with Gasteiger partial charge in [-0.25, -0.2) is 9.97 Å². The molecule has 0 aromatic carbocycles. The number of carbonyl (C=O) groups is 1. The summed E-state index contributed by atoms with van der Waals surface area (Å²) in [4.78, 5) is 19.3. The normalized spacial score (nSPS) is 16.8. The molecule has 0 bridgehead atoms. The van der Waals surface area contributed by atoms with Gasteiger partial charge in [-0.15, -0.1) is 0 Å². The summed E-state index contributed by atoms with van der Waals surface area (Å²) >= 11 is 0. The van der Waals surface area contributed by atoms with E-state index in [0.717, 1.165) is 19.3 Å². The molecule has 0 unspecified atom stereocenters. The van der Waals surface area contributed by atoms with Crippen LogP contribution < -0.4 is 5.32 Å². The maximum atomic E-state index is 11.7. The average molecular weight is 221 g/mol. The number of aromatic nitrogens is 2. The summed E-state index contributed by atoms with van der Waals surface area (Å²) in [7, 11) is 0. The van der Waals surface area contributed by atoms with Crippen LogP contribution in [0.25, 0.3) is 0 Å². The number of nitrogens with one attached hydrogen (secondary N) is 1. The van der Waals surface area contributed by atoms with Crippen molar-refractivity contribution in [3.8, 4) is 0 Å². The molecule has 5 heteroatoms. The zero-order valence-electron chi connectivity index (χ0n) is 9.02. The Morgan fingerprint density at radius 1 is 1.44 bits per heavy atom. The van der Waals surface area contributed by atoms with E-state index in [1.807, 2.05) is 0 Å². The summed E-state index contributed by atoms with van der Waals surface area (Å²) in [5.74, 6) is -0.148. The van der Waals surface area contributed by atoms with Gasteiger partial charge in [0.15, 0.2) is 0 Å². The Morgan fingerprint density at radius 2 is 2.12 bits per heavy atom. The van der Waals surface area contributed by atoms with E-state index in [1.165, 1.54) is 18.7 Å². The largest absolute Gasteiger partial charge is 0.396 e. The van der Waals surface area contributed by atoms with Crippen molar-refractivity contribution >= 4 is 5.91 Å². The lowest BCUT2D eigenvalue weighted by Gasteiger charge is -2.14. The van der Waals surface area contributed by atoms with Crippen LogP contribution in [-0.4, -0.2) is 34.1 Å².